The zero-order chi connectivity index (χ0) is 33.7. The largest absolute Gasteiger partial charge is 0.504 e. The molecule has 46 heavy (non-hydrogen) atoms. The van der Waals surface area contributed by atoms with Gasteiger partial charge in [-0.25, -0.2) is 14.4 Å². The van der Waals surface area contributed by atoms with E-state index in [4.69, 9.17) is 29.2 Å². The van der Waals surface area contributed by atoms with Gasteiger partial charge >= 0.3 is 35.8 Å². The maximum absolute atomic E-state index is 13.2. The summed E-state index contributed by atoms with van der Waals surface area (Å²) in [6, 6.07) is 3.02. The van der Waals surface area contributed by atoms with Crippen molar-refractivity contribution in [2.45, 2.75) is 87.4 Å². The van der Waals surface area contributed by atoms with Gasteiger partial charge in [0.1, 0.15) is 5.76 Å². The Labute approximate surface area is 261 Å². The van der Waals surface area contributed by atoms with Gasteiger partial charge in [0.25, 0.3) is 0 Å². The van der Waals surface area contributed by atoms with E-state index in [9.17, 15) is 39.0 Å². The van der Waals surface area contributed by atoms with E-state index in [1.165, 1.54) is 12.1 Å². The number of carboxylic acids is 2. The molecule has 2 heterocycles. The number of nitrogens with zero attached hydrogens (tertiary/aromatic N) is 1. The van der Waals surface area contributed by atoms with E-state index in [1.54, 1.807) is 6.07 Å². The van der Waals surface area contributed by atoms with Crippen LogP contribution in [-0.2, 0) is 59.6 Å². The third kappa shape index (κ3) is 5.40. The molecule has 4 N–H and O–H groups in total. The smallest absolute Gasteiger partial charge is 0.348 e. The van der Waals surface area contributed by atoms with Crippen LogP contribution in [0.2, 0.25) is 0 Å². The number of aliphatic carboxylic acids is 2. The highest BCUT2D eigenvalue weighted by atomic mass is 16.6. The fourth-order valence-corrected chi connectivity index (χ4v) is 7.01. The Balaban J connectivity index is 1.32. The molecule has 0 unspecified atom stereocenters. The predicted molar refractivity (Wildman–Crippen MR) is 148 cm³/mol. The highest BCUT2D eigenvalue weighted by Crippen LogP contribution is 2.65. The first-order valence-corrected chi connectivity index (χ1v) is 14.5. The maximum atomic E-state index is 13.2. The van der Waals surface area contributed by atoms with Gasteiger partial charge in [0.05, 0.1) is 23.9 Å². The SMILES string of the molecule is CC(=O)O[C@@H](CC(=O)OC1=CC[C@@]2(O)[C@@H]3Cc4ccc(O)c5c4[C@@]2(CCN3C)[C@H]1O5)C(=O)O[C@@H](C)C(=O)O[C@H](CC(=O)O)C(=O)O. The first kappa shape index (κ1) is 32.7. The van der Waals surface area contributed by atoms with Gasteiger partial charge < -0.3 is 49.0 Å². The van der Waals surface area contributed by atoms with Gasteiger partial charge in [0, 0.05) is 24.9 Å². The Morgan fingerprint density at radius 1 is 1.04 bits per heavy atom. The lowest BCUT2D eigenvalue weighted by molar-refractivity contribution is -0.184. The number of carbonyl (C=O) groups is 6. The maximum Gasteiger partial charge on any atom is 0.348 e. The quantitative estimate of drug-likeness (QED) is 0.182. The van der Waals surface area contributed by atoms with Crippen molar-refractivity contribution in [3.63, 3.8) is 0 Å². The summed E-state index contributed by atoms with van der Waals surface area (Å²) in [6.07, 6.45) is -6.09. The second kappa shape index (κ2) is 11.9. The van der Waals surface area contributed by atoms with E-state index >= 15 is 0 Å². The summed E-state index contributed by atoms with van der Waals surface area (Å²) in [5, 5.41) is 40.8. The summed E-state index contributed by atoms with van der Waals surface area (Å²) in [4.78, 5) is 74.2. The summed E-state index contributed by atoms with van der Waals surface area (Å²) < 4.78 is 26.4. The molecule has 1 fully saturated rings. The highest BCUT2D eigenvalue weighted by Gasteiger charge is 2.72. The van der Waals surface area contributed by atoms with Crippen LogP contribution in [0.1, 0.15) is 50.7 Å². The molecule has 1 spiro atoms. The number of aromatic hydroxyl groups is 1. The molecule has 0 aromatic heterocycles. The van der Waals surface area contributed by atoms with Crippen LogP contribution in [0.5, 0.6) is 11.5 Å². The predicted octanol–water partition coefficient (Wildman–Crippen LogP) is -0.0623. The van der Waals surface area contributed by atoms with Crippen molar-refractivity contribution >= 4 is 35.8 Å². The van der Waals surface area contributed by atoms with Crippen LogP contribution >= 0.6 is 0 Å². The van der Waals surface area contributed by atoms with Crippen LogP contribution in [0, 0.1) is 0 Å². The van der Waals surface area contributed by atoms with Crippen LogP contribution in [0.25, 0.3) is 0 Å². The standard InChI is InChI=1S/C30H33NO15/c1-13(27(39)45-18(26(37)38)11-21(34)35)42-28(40)19(43-14(2)32)12-22(36)44-17-6-7-30(41)20-10-15-4-5-16(33)24-23(15)29(30,25(17)46-24)8-9-31(20)3/h4-6,13,18-20,25,33,41H,7-12H2,1-3H3,(H,34,35)(H,37,38)/t13-,18+,19-,20-,25-,29-,30+/m0/s1. The molecule has 1 aromatic rings. The van der Waals surface area contributed by atoms with Gasteiger partial charge in [-0.2, -0.15) is 0 Å². The van der Waals surface area contributed by atoms with Crippen LogP contribution in [-0.4, -0.2) is 111 Å². The number of piperidine rings is 1. The number of likely N-dealkylation sites (tertiary alicyclic amines) is 1. The van der Waals surface area contributed by atoms with E-state index < -0.39 is 84.1 Å². The van der Waals surface area contributed by atoms with Gasteiger partial charge in [-0.15, -0.1) is 0 Å². The third-order valence-corrected chi connectivity index (χ3v) is 9.03. The number of aliphatic hydroxyl groups is 1. The summed E-state index contributed by atoms with van der Waals surface area (Å²) in [5.41, 5.74) is -0.797. The molecular formula is C30H33NO15. The van der Waals surface area contributed by atoms with Crippen molar-refractivity contribution in [2.24, 2.45) is 0 Å². The molecule has 2 bridgehead atoms. The van der Waals surface area contributed by atoms with Crippen molar-refractivity contribution in [1.82, 2.24) is 4.90 Å². The Hall–Kier alpha value is -4.70. The minimum absolute atomic E-state index is 0.0338. The highest BCUT2D eigenvalue weighted by molar-refractivity contribution is 5.88. The van der Waals surface area contributed by atoms with E-state index in [0.29, 0.717) is 24.9 Å². The molecule has 0 saturated carbocycles. The average Bonchev–Trinajstić information content (AvgIpc) is 3.32. The number of carboxylic acid groups (broad SMARTS) is 2. The Morgan fingerprint density at radius 2 is 1.76 bits per heavy atom. The second-order valence-electron chi connectivity index (χ2n) is 11.8. The van der Waals surface area contributed by atoms with Crippen molar-refractivity contribution in [3.05, 3.63) is 35.1 Å². The number of ether oxygens (including phenoxy) is 5. The second-order valence-corrected chi connectivity index (χ2v) is 11.8. The molecular weight excluding hydrogens is 614 g/mol. The number of likely N-dealkylation sites (N-methyl/N-ethyl adjacent to an activating group) is 1. The number of carbonyl (C=O) groups excluding carboxylic acids is 4. The molecule has 4 aliphatic rings. The number of phenols is 1. The first-order valence-electron chi connectivity index (χ1n) is 14.5. The molecule has 1 aromatic carbocycles. The fraction of sp³-hybridized carbons (Fsp3) is 0.533. The van der Waals surface area contributed by atoms with Crippen molar-refractivity contribution in [3.8, 4) is 11.5 Å². The van der Waals surface area contributed by atoms with Crippen molar-refractivity contribution in [2.75, 3.05) is 13.6 Å². The Kier molecular flexibility index (Phi) is 8.46. The van der Waals surface area contributed by atoms with Gasteiger partial charge in [0.15, 0.2) is 23.7 Å². The van der Waals surface area contributed by atoms with Gasteiger partial charge in [-0.3, -0.25) is 14.4 Å². The minimum Gasteiger partial charge on any atom is -0.504 e. The van der Waals surface area contributed by atoms with Crippen LogP contribution < -0.4 is 4.74 Å². The lowest BCUT2D eigenvalue weighted by atomic mass is 9.50. The number of rotatable bonds is 11. The third-order valence-electron chi connectivity index (χ3n) is 9.03. The van der Waals surface area contributed by atoms with E-state index in [-0.39, 0.29) is 29.7 Å². The number of phenolic OH excluding ortho intramolecular Hbond substituents is 1. The van der Waals surface area contributed by atoms with Gasteiger partial charge in [0.2, 0.25) is 12.2 Å². The summed E-state index contributed by atoms with van der Waals surface area (Å²) >= 11 is 0. The molecule has 0 amide bonds. The van der Waals surface area contributed by atoms with Crippen LogP contribution in [0.4, 0.5) is 0 Å². The van der Waals surface area contributed by atoms with Crippen molar-refractivity contribution < 1.29 is 72.9 Å². The molecule has 0 radical (unpaired) electrons. The van der Waals surface area contributed by atoms with Crippen LogP contribution in [0.3, 0.4) is 0 Å². The monoisotopic (exact) mass is 647 g/mol. The lowest BCUT2D eigenvalue weighted by Gasteiger charge is -2.61. The van der Waals surface area contributed by atoms with Crippen molar-refractivity contribution in [1.29, 1.82) is 0 Å². The summed E-state index contributed by atoms with van der Waals surface area (Å²) in [5.74, 6) is -7.98. The number of hydrogen-bond acceptors (Lipinski definition) is 14. The number of benzene rings is 1. The zero-order valence-corrected chi connectivity index (χ0v) is 25.1. The van der Waals surface area contributed by atoms with Gasteiger partial charge in [-0.1, -0.05) is 6.07 Å². The topological polar surface area (TPSA) is 233 Å². The van der Waals surface area contributed by atoms with E-state index in [1.807, 2.05) is 7.05 Å². The Morgan fingerprint density at radius 3 is 2.41 bits per heavy atom. The molecule has 248 valence electrons. The molecule has 5 rings (SSSR count). The van der Waals surface area contributed by atoms with Gasteiger partial charge in [-0.05, 0) is 51.1 Å². The van der Waals surface area contributed by atoms with E-state index in [0.717, 1.165) is 19.4 Å². The summed E-state index contributed by atoms with van der Waals surface area (Å²) in [6.45, 7) is 2.56. The molecule has 16 heteroatoms. The number of hydrogen-bond donors (Lipinski definition) is 4. The molecule has 2 aliphatic carbocycles. The molecule has 1 saturated heterocycles. The first-order chi connectivity index (χ1) is 21.6. The summed E-state index contributed by atoms with van der Waals surface area (Å²) in [7, 11) is 1.92. The molecule has 2 aliphatic heterocycles. The normalized spacial score (nSPS) is 27.4. The lowest BCUT2D eigenvalue weighted by Crippen LogP contribution is -2.74. The zero-order valence-electron chi connectivity index (χ0n) is 25.1. The molecule has 7 atom stereocenters. The fourth-order valence-electron chi connectivity index (χ4n) is 7.01. The average molecular weight is 648 g/mol. The van der Waals surface area contributed by atoms with E-state index in [2.05, 4.69) is 9.64 Å². The Bertz CT molecular complexity index is 1540. The minimum atomic E-state index is -2.06. The number of esters is 4. The molecule has 16 nitrogen and oxygen atoms in total. The van der Waals surface area contributed by atoms with Crippen LogP contribution in [0.15, 0.2) is 24.0 Å².